The molecule has 4 N–H and O–H groups in total. The van der Waals surface area contributed by atoms with Crippen LogP contribution >= 0.6 is 15.9 Å². The van der Waals surface area contributed by atoms with E-state index in [0.717, 1.165) is 0 Å². The third-order valence-electron chi connectivity index (χ3n) is 2.93. The maximum atomic E-state index is 9.82. The smallest absolute Gasteiger partial charge is 0.229 e. The van der Waals surface area contributed by atoms with Crippen molar-refractivity contribution in [2.75, 3.05) is 6.61 Å². The molecule has 6 nitrogen and oxygen atoms in total. The summed E-state index contributed by atoms with van der Waals surface area (Å²) in [7, 11) is 0. The normalized spacial score (nSPS) is 35.1. The second kappa shape index (κ2) is 6.17. The van der Waals surface area contributed by atoms with Crippen LogP contribution in [0.1, 0.15) is 0 Å². The Morgan fingerprint density at radius 3 is 2.42 bits per heavy atom. The molecule has 0 saturated carbocycles. The fourth-order valence-corrected chi connectivity index (χ4v) is 2.21. The third-order valence-corrected chi connectivity index (χ3v) is 3.58. The number of halogens is 1. The van der Waals surface area contributed by atoms with E-state index in [0.29, 0.717) is 10.2 Å². The molecule has 1 aliphatic rings. The predicted octanol–water partition coefficient (Wildman–Crippen LogP) is -0.372. The molecule has 0 aliphatic carbocycles. The first-order valence-electron chi connectivity index (χ1n) is 5.76. The first kappa shape index (κ1) is 14.7. The Hall–Kier alpha value is -0.700. The van der Waals surface area contributed by atoms with Crippen LogP contribution in [0.4, 0.5) is 0 Å². The molecule has 1 heterocycles. The summed E-state index contributed by atoms with van der Waals surface area (Å²) in [5, 5.41) is 38.1. The van der Waals surface area contributed by atoms with Crippen molar-refractivity contribution >= 4 is 15.9 Å². The largest absolute Gasteiger partial charge is 0.461 e. The predicted molar refractivity (Wildman–Crippen MR) is 68.5 cm³/mol. The van der Waals surface area contributed by atoms with Gasteiger partial charge in [-0.2, -0.15) is 0 Å². The molecule has 0 amide bonds. The number of para-hydroxylation sites is 1. The van der Waals surface area contributed by atoms with E-state index in [2.05, 4.69) is 15.9 Å². The lowest BCUT2D eigenvalue weighted by molar-refractivity contribution is -0.277. The Labute approximate surface area is 118 Å². The Morgan fingerprint density at radius 2 is 1.79 bits per heavy atom. The van der Waals surface area contributed by atoms with Crippen molar-refractivity contribution in [3.63, 3.8) is 0 Å². The molecule has 0 bridgehead atoms. The van der Waals surface area contributed by atoms with E-state index in [9.17, 15) is 15.3 Å². The topological polar surface area (TPSA) is 99.4 Å². The van der Waals surface area contributed by atoms with Gasteiger partial charge in [0.25, 0.3) is 0 Å². The molecule has 0 spiro atoms. The van der Waals surface area contributed by atoms with Crippen LogP contribution in [-0.4, -0.2) is 57.7 Å². The number of hydrogen-bond acceptors (Lipinski definition) is 6. The second-order valence-electron chi connectivity index (χ2n) is 4.25. The molecule has 1 aromatic carbocycles. The minimum absolute atomic E-state index is 0.423. The van der Waals surface area contributed by atoms with Crippen LogP contribution in [0, 0.1) is 0 Å². The van der Waals surface area contributed by atoms with Crippen molar-refractivity contribution in [2.45, 2.75) is 30.7 Å². The van der Waals surface area contributed by atoms with Gasteiger partial charge in [0.1, 0.15) is 30.2 Å². The molecule has 0 aromatic heterocycles. The van der Waals surface area contributed by atoms with Gasteiger partial charge in [-0.05, 0) is 28.1 Å². The second-order valence-corrected chi connectivity index (χ2v) is 5.10. The van der Waals surface area contributed by atoms with Gasteiger partial charge in [0.05, 0.1) is 11.1 Å². The molecular formula is C12H15BrO6. The van der Waals surface area contributed by atoms with Gasteiger partial charge in [0.2, 0.25) is 6.29 Å². The highest BCUT2D eigenvalue weighted by atomic mass is 79.9. The standard InChI is InChI=1S/C12H15BrO6/c13-6-3-1-2-4-7(6)18-12-11(17)10(16)9(15)8(5-14)19-12/h1-4,8-12,14-17H,5H2/t8-,9-,10+,11-,12-/m1/s1. The number of rotatable bonds is 3. The maximum Gasteiger partial charge on any atom is 0.229 e. The highest BCUT2D eigenvalue weighted by Crippen LogP contribution is 2.29. The molecule has 0 unspecified atom stereocenters. The Kier molecular flexibility index (Phi) is 4.77. The Bertz CT molecular complexity index is 426. The van der Waals surface area contributed by atoms with Gasteiger partial charge >= 0.3 is 0 Å². The molecule has 0 radical (unpaired) electrons. The molecule has 1 aromatic rings. The summed E-state index contributed by atoms with van der Waals surface area (Å²) < 4.78 is 11.3. The van der Waals surface area contributed by atoms with Gasteiger partial charge < -0.3 is 29.9 Å². The van der Waals surface area contributed by atoms with Crippen LogP contribution in [0.15, 0.2) is 28.7 Å². The Morgan fingerprint density at radius 1 is 1.11 bits per heavy atom. The average molecular weight is 335 g/mol. The summed E-state index contributed by atoms with van der Waals surface area (Å²) in [4.78, 5) is 0. The van der Waals surface area contributed by atoms with Crippen molar-refractivity contribution in [1.82, 2.24) is 0 Å². The van der Waals surface area contributed by atoms with Gasteiger partial charge in [-0.3, -0.25) is 0 Å². The first-order valence-corrected chi connectivity index (χ1v) is 6.55. The highest BCUT2D eigenvalue weighted by molar-refractivity contribution is 9.10. The lowest BCUT2D eigenvalue weighted by atomic mass is 9.99. The molecule has 1 saturated heterocycles. The monoisotopic (exact) mass is 334 g/mol. The van der Waals surface area contributed by atoms with E-state index in [-0.39, 0.29) is 0 Å². The molecular weight excluding hydrogens is 320 g/mol. The molecule has 2 rings (SSSR count). The van der Waals surface area contributed by atoms with Crippen molar-refractivity contribution in [1.29, 1.82) is 0 Å². The number of benzene rings is 1. The number of aliphatic hydroxyl groups excluding tert-OH is 4. The van der Waals surface area contributed by atoms with Crippen LogP contribution in [0.25, 0.3) is 0 Å². The summed E-state index contributed by atoms with van der Waals surface area (Å²) in [5.74, 6) is 0.423. The summed E-state index contributed by atoms with van der Waals surface area (Å²) in [6.07, 6.45) is -6.40. The van der Waals surface area contributed by atoms with Gasteiger partial charge in [0.15, 0.2) is 0 Å². The van der Waals surface area contributed by atoms with E-state index in [1.165, 1.54) is 0 Å². The SMILES string of the molecule is OC[C@H]1O[C@@H](Oc2ccccc2Br)[C@H](O)[C@@H](O)[C@@H]1O. The zero-order valence-corrected chi connectivity index (χ0v) is 11.5. The zero-order chi connectivity index (χ0) is 14.0. The number of hydrogen-bond donors (Lipinski definition) is 4. The minimum atomic E-state index is -1.45. The quantitative estimate of drug-likeness (QED) is 0.602. The fraction of sp³-hybridized carbons (Fsp3) is 0.500. The van der Waals surface area contributed by atoms with E-state index in [1.807, 2.05) is 0 Å². The summed E-state index contributed by atoms with van der Waals surface area (Å²) >= 11 is 3.28. The van der Waals surface area contributed by atoms with Crippen molar-refractivity contribution < 1.29 is 29.9 Å². The third kappa shape index (κ3) is 3.07. The van der Waals surface area contributed by atoms with Crippen molar-refractivity contribution in [2.24, 2.45) is 0 Å². The van der Waals surface area contributed by atoms with Crippen molar-refractivity contribution in [3.8, 4) is 5.75 Å². The molecule has 106 valence electrons. The zero-order valence-electron chi connectivity index (χ0n) is 9.89. The van der Waals surface area contributed by atoms with Crippen LogP contribution in [-0.2, 0) is 4.74 Å². The summed E-state index contributed by atoms with van der Waals surface area (Å²) in [6.45, 7) is -0.485. The maximum absolute atomic E-state index is 9.82. The average Bonchev–Trinajstić information content (AvgIpc) is 2.41. The number of ether oxygens (including phenoxy) is 2. The molecule has 19 heavy (non-hydrogen) atoms. The highest BCUT2D eigenvalue weighted by Gasteiger charge is 2.44. The van der Waals surface area contributed by atoms with E-state index in [1.54, 1.807) is 24.3 Å². The van der Waals surface area contributed by atoms with Crippen LogP contribution in [0.2, 0.25) is 0 Å². The lowest BCUT2D eigenvalue weighted by Crippen LogP contribution is -2.60. The van der Waals surface area contributed by atoms with Gasteiger partial charge in [-0.25, -0.2) is 0 Å². The van der Waals surface area contributed by atoms with Gasteiger partial charge in [-0.1, -0.05) is 12.1 Å². The summed E-state index contributed by atoms with van der Waals surface area (Å²) in [5.41, 5.74) is 0. The molecule has 1 aliphatic heterocycles. The van der Waals surface area contributed by atoms with E-state index >= 15 is 0 Å². The van der Waals surface area contributed by atoms with Crippen LogP contribution in [0.5, 0.6) is 5.75 Å². The van der Waals surface area contributed by atoms with Crippen LogP contribution < -0.4 is 4.74 Å². The Balaban J connectivity index is 2.13. The summed E-state index contributed by atoms with van der Waals surface area (Å²) in [6, 6.07) is 6.94. The fourth-order valence-electron chi connectivity index (χ4n) is 1.83. The van der Waals surface area contributed by atoms with E-state index < -0.39 is 37.3 Å². The van der Waals surface area contributed by atoms with Gasteiger partial charge in [0, 0.05) is 0 Å². The first-order chi connectivity index (χ1) is 9.04. The molecule has 1 fully saturated rings. The lowest BCUT2D eigenvalue weighted by Gasteiger charge is -2.39. The van der Waals surface area contributed by atoms with Gasteiger partial charge in [-0.15, -0.1) is 0 Å². The number of aliphatic hydroxyl groups is 4. The molecule has 5 atom stereocenters. The van der Waals surface area contributed by atoms with E-state index in [4.69, 9.17) is 14.6 Å². The minimum Gasteiger partial charge on any atom is -0.461 e. The van der Waals surface area contributed by atoms with Crippen LogP contribution in [0.3, 0.4) is 0 Å². The van der Waals surface area contributed by atoms with Crippen molar-refractivity contribution in [3.05, 3.63) is 28.7 Å². The molecule has 7 heteroatoms.